The van der Waals surface area contributed by atoms with Gasteiger partial charge in [-0.15, -0.1) is 0 Å². The first-order valence-corrected chi connectivity index (χ1v) is 7.75. The van der Waals surface area contributed by atoms with Crippen LogP contribution in [0.2, 0.25) is 0 Å². The molecule has 1 atom stereocenters. The molecule has 0 N–H and O–H groups in total. The Labute approximate surface area is 126 Å². The molecule has 0 saturated carbocycles. The van der Waals surface area contributed by atoms with Crippen molar-refractivity contribution in [3.63, 3.8) is 0 Å². The molecule has 2 heteroatoms. The van der Waals surface area contributed by atoms with Crippen molar-refractivity contribution in [2.24, 2.45) is 0 Å². The highest BCUT2D eigenvalue weighted by Gasteiger charge is 2.28. The van der Waals surface area contributed by atoms with Gasteiger partial charge in [0.25, 0.3) is 0 Å². The molecule has 1 heterocycles. The summed E-state index contributed by atoms with van der Waals surface area (Å²) in [6, 6.07) is 18.4. The zero-order chi connectivity index (χ0) is 14.7. The Morgan fingerprint density at radius 3 is 2.57 bits per heavy atom. The van der Waals surface area contributed by atoms with Gasteiger partial charge in [0.1, 0.15) is 0 Å². The van der Waals surface area contributed by atoms with Crippen molar-refractivity contribution in [2.45, 2.75) is 32.1 Å². The van der Waals surface area contributed by atoms with E-state index in [9.17, 15) is 4.79 Å². The van der Waals surface area contributed by atoms with Gasteiger partial charge < -0.3 is 4.90 Å². The minimum atomic E-state index is -0.0441. The third-order valence-corrected chi connectivity index (χ3v) is 4.28. The summed E-state index contributed by atoms with van der Waals surface area (Å²) < 4.78 is 0. The fourth-order valence-corrected chi connectivity index (χ4v) is 3.19. The first kappa shape index (κ1) is 13.9. The van der Waals surface area contributed by atoms with Crippen molar-refractivity contribution in [1.29, 1.82) is 0 Å². The first-order chi connectivity index (χ1) is 10.3. The van der Waals surface area contributed by atoms with Crippen LogP contribution in [0.25, 0.3) is 0 Å². The molecule has 0 spiro atoms. The molecule has 0 aliphatic carbocycles. The van der Waals surface area contributed by atoms with Crippen molar-refractivity contribution < 1.29 is 4.79 Å². The summed E-state index contributed by atoms with van der Waals surface area (Å²) in [5.74, 6) is 0.188. The Morgan fingerprint density at radius 1 is 1.10 bits per heavy atom. The highest BCUT2D eigenvalue weighted by atomic mass is 16.2. The van der Waals surface area contributed by atoms with Crippen molar-refractivity contribution in [3.05, 3.63) is 65.7 Å². The third-order valence-electron chi connectivity index (χ3n) is 4.28. The number of carbonyl (C=O) groups excluding carboxylic acids is 1. The fourth-order valence-electron chi connectivity index (χ4n) is 3.19. The molecule has 1 unspecified atom stereocenters. The second-order valence-corrected chi connectivity index (χ2v) is 5.59. The number of rotatable bonds is 3. The Hall–Kier alpha value is -2.09. The van der Waals surface area contributed by atoms with E-state index in [1.165, 1.54) is 5.56 Å². The second-order valence-electron chi connectivity index (χ2n) is 5.59. The molecule has 1 aliphatic rings. The number of benzene rings is 2. The second kappa shape index (κ2) is 6.13. The standard InChI is InChI=1S/C19H21NO/c1-2-17(15-9-4-3-5-10-15)19(21)20-14-8-12-16-11-6-7-13-18(16)20/h3-7,9-11,13,17H,2,8,12,14H2,1H3. The van der Waals surface area contributed by atoms with Gasteiger partial charge in [0.2, 0.25) is 5.91 Å². The molecule has 1 aliphatic heterocycles. The number of hydrogen-bond acceptors (Lipinski definition) is 1. The molecule has 2 aromatic carbocycles. The number of aryl methyl sites for hydroxylation is 1. The van der Waals surface area contributed by atoms with Crippen LogP contribution in [0, 0.1) is 0 Å². The summed E-state index contributed by atoms with van der Waals surface area (Å²) in [4.78, 5) is 15.0. The highest BCUT2D eigenvalue weighted by molar-refractivity contribution is 5.99. The number of hydrogen-bond donors (Lipinski definition) is 0. The maximum atomic E-state index is 13.0. The normalized spacial score (nSPS) is 15.4. The summed E-state index contributed by atoms with van der Waals surface area (Å²) in [6.07, 6.45) is 2.96. The van der Waals surface area contributed by atoms with E-state index in [4.69, 9.17) is 0 Å². The highest BCUT2D eigenvalue weighted by Crippen LogP contribution is 2.31. The zero-order valence-corrected chi connectivity index (χ0v) is 12.5. The molecule has 108 valence electrons. The molecule has 2 nitrogen and oxygen atoms in total. The van der Waals surface area contributed by atoms with E-state index in [2.05, 4.69) is 37.3 Å². The van der Waals surface area contributed by atoms with Crippen LogP contribution in [0.1, 0.15) is 36.8 Å². The molecule has 21 heavy (non-hydrogen) atoms. The van der Waals surface area contributed by atoms with Crippen LogP contribution in [0.5, 0.6) is 0 Å². The lowest BCUT2D eigenvalue weighted by atomic mass is 9.93. The number of nitrogens with zero attached hydrogens (tertiary/aromatic N) is 1. The van der Waals surface area contributed by atoms with E-state index in [-0.39, 0.29) is 11.8 Å². The van der Waals surface area contributed by atoms with Crippen LogP contribution in [0.3, 0.4) is 0 Å². The molecule has 0 radical (unpaired) electrons. The van der Waals surface area contributed by atoms with Gasteiger partial charge in [0.15, 0.2) is 0 Å². The van der Waals surface area contributed by atoms with Crippen molar-refractivity contribution in [3.8, 4) is 0 Å². The Morgan fingerprint density at radius 2 is 1.81 bits per heavy atom. The lowest BCUT2D eigenvalue weighted by molar-refractivity contribution is -0.120. The van der Waals surface area contributed by atoms with Crippen molar-refractivity contribution >= 4 is 11.6 Å². The summed E-state index contributed by atoms with van der Waals surface area (Å²) in [6.45, 7) is 2.92. The number of amides is 1. The van der Waals surface area contributed by atoms with E-state index in [1.807, 2.05) is 29.2 Å². The number of carbonyl (C=O) groups is 1. The number of para-hydroxylation sites is 1. The van der Waals surface area contributed by atoms with E-state index >= 15 is 0 Å². The predicted octanol–water partition coefficient (Wildman–Crippen LogP) is 4.16. The summed E-state index contributed by atoms with van der Waals surface area (Å²) in [5, 5.41) is 0. The first-order valence-electron chi connectivity index (χ1n) is 7.75. The monoisotopic (exact) mass is 279 g/mol. The molecule has 1 amide bonds. The lowest BCUT2D eigenvalue weighted by Crippen LogP contribution is -2.38. The Bertz CT molecular complexity index is 620. The molecular weight excluding hydrogens is 258 g/mol. The van der Waals surface area contributed by atoms with Crippen LogP contribution in [-0.2, 0) is 11.2 Å². The number of fused-ring (bicyclic) bond motifs is 1. The van der Waals surface area contributed by atoms with E-state index < -0.39 is 0 Å². The van der Waals surface area contributed by atoms with Crippen LogP contribution < -0.4 is 4.90 Å². The van der Waals surface area contributed by atoms with Gasteiger partial charge >= 0.3 is 0 Å². The largest absolute Gasteiger partial charge is 0.312 e. The van der Waals surface area contributed by atoms with Crippen molar-refractivity contribution in [1.82, 2.24) is 0 Å². The lowest BCUT2D eigenvalue weighted by Gasteiger charge is -2.32. The molecule has 2 aromatic rings. The molecular formula is C19H21NO. The quantitative estimate of drug-likeness (QED) is 0.826. The topological polar surface area (TPSA) is 20.3 Å². The van der Waals surface area contributed by atoms with Gasteiger partial charge in [0.05, 0.1) is 5.92 Å². The molecule has 0 aromatic heterocycles. The Kier molecular flexibility index (Phi) is 4.05. The molecule has 0 bridgehead atoms. The summed E-state index contributed by atoms with van der Waals surface area (Å²) in [7, 11) is 0. The summed E-state index contributed by atoms with van der Waals surface area (Å²) in [5.41, 5.74) is 3.51. The predicted molar refractivity (Wildman–Crippen MR) is 86.6 cm³/mol. The Balaban J connectivity index is 1.92. The maximum absolute atomic E-state index is 13.0. The van der Waals surface area contributed by atoms with Gasteiger partial charge in [-0.2, -0.15) is 0 Å². The van der Waals surface area contributed by atoms with Crippen LogP contribution >= 0.6 is 0 Å². The summed E-state index contributed by atoms with van der Waals surface area (Å²) >= 11 is 0. The van der Waals surface area contributed by atoms with Crippen LogP contribution in [-0.4, -0.2) is 12.5 Å². The van der Waals surface area contributed by atoms with E-state index in [1.54, 1.807) is 0 Å². The SMILES string of the molecule is CCC(C(=O)N1CCCc2ccccc21)c1ccccc1. The van der Waals surface area contributed by atoms with Gasteiger partial charge in [-0.05, 0) is 36.5 Å². The van der Waals surface area contributed by atoms with Gasteiger partial charge in [-0.1, -0.05) is 55.5 Å². The third kappa shape index (κ3) is 2.71. The molecule has 3 rings (SSSR count). The van der Waals surface area contributed by atoms with Gasteiger partial charge in [-0.3, -0.25) is 4.79 Å². The smallest absolute Gasteiger partial charge is 0.234 e. The maximum Gasteiger partial charge on any atom is 0.234 e. The number of anilines is 1. The minimum absolute atomic E-state index is 0.0441. The van der Waals surface area contributed by atoms with E-state index in [0.717, 1.165) is 37.1 Å². The van der Waals surface area contributed by atoms with Crippen LogP contribution in [0.4, 0.5) is 5.69 Å². The molecule has 0 fully saturated rings. The van der Waals surface area contributed by atoms with E-state index in [0.29, 0.717) is 0 Å². The van der Waals surface area contributed by atoms with Crippen LogP contribution in [0.15, 0.2) is 54.6 Å². The van der Waals surface area contributed by atoms with Gasteiger partial charge in [-0.25, -0.2) is 0 Å². The fraction of sp³-hybridized carbons (Fsp3) is 0.316. The average molecular weight is 279 g/mol. The molecule has 0 saturated heterocycles. The zero-order valence-electron chi connectivity index (χ0n) is 12.5. The van der Waals surface area contributed by atoms with Gasteiger partial charge in [0, 0.05) is 12.2 Å². The average Bonchev–Trinajstić information content (AvgIpc) is 2.56. The minimum Gasteiger partial charge on any atom is -0.312 e. The van der Waals surface area contributed by atoms with Crippen molar-refractivity contribution in [2.75, 3.05) is 11.4 Å².